The molecule has 19 heavy (non-hydrogen) atoms. The second-order valence-corrected chi connectivity index (χ2v) is 7.74. The van der Waals surface area contributed by atoms with E-state index >= 15 is 0 Å². The summed E-state index contributed by atoms with van der Waals surface area (Å²) in [5.41, 5.74) is 0. The smallest absolute Gasteiger partial charge is 0.314 e. The Morgan fingerprint density at radius 2 is 1.79 bits per heavy atom. The zero-order chi connectivity index (χ0) is 14.3. The van der Waals surface area contributed by atoms with E-state index in [2.05, 4.69) is 6.92 Å². The highest BCUT2D eigenvalue weighted by atomic mass is 31.2. The lowest BCUT2D eigenvalue weighted by Crippen LogP contribution is -2.45. The third-order valence-corrected chi connectivity index (χ3v) is 6.00. The standard InChI is InChI=1S/C12H28N3O3P/c1-4-5-6-7-12-18-19(17,13(2)3)15-10-8-14(16)9-11-15/h16H,4-12H2,1-3H3. The first-order valence-electron chi connectivity index (χ1n) is 7.12. The Kier molecular flexibility index (Phi) is 7.50. The van der Waals surface area contributed by atoms with E-state index in [-0.39, 0.29) is 0 Å². The average molecular weight is 293 g/mol. The Bertz CT molecular complexity index is 294. The maximum absolute atomic E-state index is 12.9. The van der Waals surface area contributed by atoms with Crippen molar-refractivity contribution in [2.75, 3.05) is 46.9 Å². The number of hydroxylamine groups is 2. The molecule has 1 fully saturated rings. The normalized spacial score (nSPS) is 21.7. The fourth-order valence-corrected chi connectivity index (χ4v) is 4.05. The van der Waals surface area contributed by atoms with Gasteiger partial charge in [-0.1, -0.05) is 26.2 Å². The van der Waals surface area contributed by atoms with Crippen molar-refractivity contribution in [3.8, 4) is 0 Å². The highest BCUT2D eigenvalue weighted by Crippen LogP contribution is 2.52. The Morgan fingerprint density at radius 3 is 2.32 bits per heavy atom. The van der Waals surface area contributed by atoms with Crippen molar-refractivity contribution >= 4 is 7.67 Å². The number of unbranched alkanes of at least 4 members (excludes halogenated alkanes) is 3. The van der Waals surface area contributed by atoms with Gasteiger partial charge in [0.25, 0.3) is 0 Å². The van der Waals surface area contributed by atoms with Gasteiger partial charge in [-0.25, -0.2) is 9.34 Å². The van der Waals surface area contributed by atoms with Crippen LogP contribution in [-0.4, -0.2) is 66.5 Å². The number of piperazine rings is 1. The second kappa shape index (κ2) is 8.35. The van der Waals surface area contributed by atoms with Gasteiger partial charge in [0, 0.05) is 26.2 Å². The maximum atomic E-state index is 12.9. The Labute approximate surface area is 116 Å². The number of nitrogens with zero attached hydrogens (tertiary/aromatic N) is 3. The van der Waals surface area contributed by atoms with E-state index in [0.29, 0.717) is 32.8 Å². The lowest BCUT2D eigenvalue weighted by Gasteiger charge is -2.38. The third-order valence-electron chi connectivity index (χ3n) is 3.35. The van der Waals surface area contributed by atoms with Gasteiger partial charge in [0.1, 0.15) is 0 Å². The first kappa shape index (κ1) is 17.1. The van der Waals surface area contributed by atoms with Gasteiger partial charge in [0.05, 0.1) is 6.61 Å². The zero-order valence-electron chi connectivity index (χ0n) is 12.4. The summed E-state index contributed by atoms with van der Waals surface area (Å²) in [5.74, 6) is 0. The summed E-state index contributed by atoms with van der Waals surface area (Å²) in [7, 11) is 0.667. The van der Waals surface area contributed by atoms with Gasteiger partial charge in [0.2, 0.25) is 0 Å². The molecule has 1 unspecified atom stereocenters. The SMILES string of the molecule is CCCCCCOP(=O)(N(C)C)N1CCN(O)CC1. The molecule has 1 saturated heterocycles. The first-order valence-corrected chi connectivity index (χ1v) is 8.65. The largest absolute Gasteiger partial charge is 0.345 e. The first-order chi connectivity index (χ1) is 9.00. The summed E-state index contributed by atoms with van der Waals surface area (Å²) >= 11 is 0. The minimum absolute atomic E-state index is 0.511. The van der Waals surface area contributed by atoms with E-state index in [0.717, 1.165) is 12.8 Å². The van der Waals surface area contributed by atoms with Crippen molar-refractivity contribution in [3.05, 3.63) is 0 Å². The fraction of sp³-hybridized carbons (Fsp3) is 1.00. The molecule has 1 rings (SSSR count). The van der Waals surface area contributed by atoms with Crippen LogP contribution in [0.2, 0.25) is 0 Å². The van der Waals surface area contributed by atoms with E-state index in [1.165, 1.54) is 17.9 Å². The maximum Gasteiger partial charge on any atom is 0.345 e. The van der Waals surface area contributed by atoms with Gasteiger partial charge in [0.15, 0.2) is 0 Å². The highest BCUT2D eigenvalue weighted by molar-refractivity contribution is 7.53. The summed E-state index contributed by atoms with van der Waals surface area (Å²) in [6.45, 7) is 4.87. The predicted octanol–water partition coefficient (Wildman–Crippen LogP) is 2.26. The zero-order valence-corrected chi connectivity index (χ0v) is 13.3. The lowest BCUT2D eigenvalue weighted by atomic mass is 10.2. The minimum atomic E-state index is -2.91. The second-order valence-electron chi connectivity index (χ2n) is 5.14. The van der Waals surface area contributed by atoms with Crippen LogP contribution >= 0.6 is 7.67 Å². The molecule has 1 aliphatic rings. The molecule has 1 N–H and O–H groups in total. The fourth-order valence-electron chi connectivity index (χ4n) is 2.10. The van der Waals surface area contributed by atoms with Crippen LogP contribution in [0.4, 0.5) is 0 Å². The van der Waals surface area contributed by atoms with Crippen LogP contribution in [0.15, 0.2) is 0 Å². The van der Waals surface area contributed by atoms with Crippen molar-refractivity contribution in [2.24, 2.45) is 0 Å². The molecular formula is C12H28N3O3P. The van der Waals surface area contributed by atoms with E-state index in [1.54, 1.807) is 18.8 Å². The van der Waals surface area contributed by atoms with Crippen molar-refractivity contribution in [2.45, 2.75) is 32.6 Å². The van der Waals surface area contributed by atoms with Crippen LogP contribution in [0.1, 0.15) is 32.6 Å². The molecule has 7 heteroatoms. The van der Waals surface area contributed by atoms with Gasteiger partial charge >= 0.3 is 7.67 Å². The summed E-state index contributed by atoms with van der Waals surface area (Å²) in [4.78, 5) is 0. The lowest BCUT2D eigenvalue weighted by molar-refractivity contribution is -0.110. The molecule has 1 atom stereocenters. The quantitative estimate of drug-likeness (QED) is 0.547. The number of rotatable bonds is 8. The van der Waals surface area contributed by atoms with Crippen molar-refractivity contribution < 1.29 is 14.3 Å². The summed E-state index contributed by atoms with van der Waals surface area (Å²) in [6.07, 6.45) is 4.45. The van der Waals surface area contributed by atoms with Crippen LogP contribution in [0, 0.1) is 0 Å². The van der Waals surface area contributed by atoms with Gasteiger partial charge in [-0.15, -0.1) is 0 Å². The van der Waals surface area contributed by atoms with E-state index < -0.39 is 7.67 Å². The molecule has 0 amide bonds. The summed E-state index contributed by atoms with van der Waals surface area (Å²) in [5, 5.41) is 10.6. The molecular weight excluding hydrogens is 265 g/mol. The van der Waals surface area contributed by atoms with Gasteiger partial charge in [-0.3, -0.25) is 4.57 Å². The van der Waals surface area contributed by atoms with Gasteiger partial charge in [-0.05, 0) is 20.5 Å². The minimum Gasteiger partial charge on any atom is -0.314 e. The van der Waals surface area contributed by atoms with Crippen molar-refractivity contribution in [1.82, 2.24) is 14.4 Å². The molecule has 0 radical (unpaired) electrons. The molecule has 0 spiro atoms. The number of hydrogen-bond donors (Lipinski definition) is 1. The van der Waals surface area contributed by atoms with E-state index in [9.17, 15) is 9.77 Å². The molecule has 0 bridgehead atoms. The van der Waals surface area contributed by atoms with Crippen LogP contribution < -0.4 is 0 Å². The van der Waals surface area contributed by atoms with Gasteiger partial charge < -0.3 is 9.73 Å². The Morgan fingerprint density at radius 1 is 1.16 bits per heavy atom. The predicted molar refractivity (Wildman–Crippen MR) is 76.3 cm³/mol. The molecule has 0 aromatic carbocycles. The molecule has 0 aromatic rings. The molecule has 1 heterocycles. The molecule has 6 nitrogen and oxygen atoms in total. The van der Waals surface area contributed by atoms with E-state index in [1.807, 2.05) is 4.67 Å². The molecule has 114 valence electrons. The van der Waals surface area contributed by atoms with Crippen LogP contribution in [0.3, 0.4) is 0 Å². The van der Waals surface area contributed by atoms with Crippen LogP contribution in [0.25, 0.3) is 0 Å². The number of hydrogen-bond acceptors (Lipinski definition) is 4. The molecule has 0 saturated carbocycles. The summed E-state index contributed by atoms with van der Waals surface area (Å²) in [6, 6.07) is 0. The molecule has 0 aromatic heterocycles. The molecule has 0 aliphatic carbocycles. The Hall–Kier alpha value is 0.0300. The van der Waals surface area contributed by atoms with Gasteiger partial charge in [-0.2, -0.15) is 5.06 Å². The van der Waals surface area contributed by atoms with Crippen molar-refractivity contribution in [3.63, 3.8) is 0 Å². The molecule has 1 aliphatic heterocycles. The van der Waals surface area contributed by atoms with Crippen LogP contribution in [-0.2, 0) is 9.09 Å². The average Bonchev–Trinajstić information content (AvgIpc) is 2.38. The highest BCUT2D eigenvalue weighted by Gasteiger charge is 2.36. The third kappa shape index (κ3) is 5.14. The Balaban J connectivity index is 2.47. The van der Waals surface area contributed by atoms with Crippen LogP contribution in [0.5, 0.6) is 0 Å². The van der Waals surface area contributed by atoms with E-state index in [4.69, 9.17) is 4.52 Å². The van der Waals surface area contributed by atoms with Crippen molar-refractivity contribution in [1.29, 1.82) is 0 Å². The topological polar surface area (TPSA) is 56.2 Å². The monoisotopic (exact) mass is 293 g/mol. The summed E-state index contributed by atoms with van der Waals surface area (Å²) < 4.78 is 22.2.